The second-order valence-corrected chi connectivity index (χ2v) is 4.66. The predicted octanol–water partition coefficient (Wildman–Crippen LogP) is 0.248. The molecule has 1 rings (SSSR count). The molecule has 16 heavy (non-hydrogen) atoms. The molecule has 0 unspecified atom stereocenters. The van der Waals surface area contributed by atoms with Gasteiger partial charge in [0.1, 0.15) is 0 Å². The third kappa shape index (κ3) is 5.25. The number of likely N-dealkylation sites (N-methyl/N-ethyl adjacent to an activating group) is 2. The molecule has 0 saturated carbocycles. The molecule has 0 spiro atoms. The number of hydrogen-bond acceptors (Lipinski definition) is 4. The largest absolute Gasteiger partial charge is 0.374 e. The number of nitrogens with zero attached hydrogens (tertiary/aromatic N) is 2. The van der Waals surface area contributed by atoms with E-state index in [-0.39, 0.29) is 0 Å². The highest BCUT2D eigenvalue weighted by molar-refractivity contribution is 4.74. The normalized spacial score (nSPS) is 22.9. The minimum absolute atomic E-state index is 0.391. The molecule has 96 valence electrons. The molecule has 1 aliphatic heterocycles. The number of morpholine rings is 1. The molecule has 4 nitrogen and oxygen atoms in total. The Morgan fingerprint density at radius 1 is 1.50 bits per heavy atom. The predicted molar refractivity (Wildman–Crippen MR) is 67.9 cm³/mol. The van der Waals surface area contributed by atoms with Crippen LogP contribution in [-0.4, -0.2) is 75.9 Å². The van der Waals surface area contributed by atoms with E-state index >= 15 is 0 Å². The maximum Gasteiger partial charge on any atom is 0.0829 e. The number of hydrogen-bond donors (Lipinski definition) is 1. The molecule has 1 fully saturated rings. The Bertz CT molecular complexity index is 178. The van der Waals surface area contributed by atoms with Crippen LogP contribution in [0.4, 0.5) is 0 Å². The van der Waals surface area contributed by atoms with Gasteiger partial charge < -0.3 is 15.0 Å². The molecule has 4 heteroatoms. The highest BCUT2D eigenvalue weighted by Crippen LogP contribution is 2.06. The fourth-order valence-corrected chi connectivity index (χ4v) is 2.18. The first-order chi connectivity index (χ1) is 7.76. The molecule has 0 aliphatic carbocycles. The molecule has 0 radical (unpaired) electrons. The van der Waals surface area contributed by atoms with E-state index in [1.807, 2.05) is 7.05 Å². The third-order valence-electron chi connectivity index (χ3n) is 3.02. The van der Waals surface area contributed by atoms with Crippen molar-refractivity contribution < 1.29 is 4.74 Å². The van der Waals surface area contributed by atoms with Crippen LogP contribution in [0.2, 0.25) is 0 Å². The van der Waals surface area contributed by atoms with Gasteiger partial charge >= 0.3 is 0 Å². The lowest BCUT2D eigenvalue weighted by Gasteiger charge is -2.34. The lowest BCUT2D eigenvalue weighted by atomic mass is 10.2. The summed E-state index contributed by atoms with van der Waals surface area (Å²) in [6.45, 7) is 9.68. The van der Waals surface area contributed by atoms with Crippen molar-refractivity contribution in [2.75, 3.05) is 60.0 Å². The molecular weight excluding hydrogens is 202 g/mol. The lowest BCUT2D eigenvalue weighted by Crippen LogP contribution is -2.48. The highest BCUT2D eigenvalue weighted by Gasteiger charge is 2.20. The molecule has 1 aliphatic rings. The van der Waals surface area contributed by atoms with Crippen molar-refractivity contribution in [1.82, 2.24) is 15.1 Å². The molecule has 0 amide bonds. The minimum atomic E-state index is 0.391. The van der Waals surface area contributed by atoms with Crippen molar-refractivity contribution in [2.45, 2.75) is 19.4 Å². The van der Waals surface area contributed by atoms with E-state index in [0.717, 1.165) is 45.9 Å². The van der Waals surface area contributed by atoms with Gasteiger partial charge in [0.15, 0.2) is 0 Å². The first-order valence-corrected chi connectivity index (χ1v) is 6.43. The van der Waals surface area contributed by atoms with Crippen LogP contribution in [0.15, 0.2) is 0 Å². The second-order valence-electron chi connectivity index (χ2n) is 4.66. The Balaban J connectivity index is 2.21. The highest BCUT2D eigenvalue weighted by atomic mass is 16.5. The van der Waals surface area contributed by atoms with E-state index in [4.69, 9.17) is 4.74 Å². The second kappa shape index (κ2) is 8.01. The maximum atomic E-state index is 5.80. The molecule has 1 atom stereocenters. The zero-order chi connectivity index (χ0) is 11.8. The number of rotatable bonds is 7. The van der Waals surface area contributed by atoms with Crippen molar-refractivity contribution in [3.8, 4) is 0 Å². The topological polar surface area (TPSA) is 27.7 Å². The van der Waals surface area contributed by atoms with Gasteiger partial charge in [-0.05, 0) is 27.1 Å². The van der Waals surface area contributed by atoms with Gasteiger partial charge in [0, 0.05) is 32.7 Å². The maximum absolute atomic E-state index is 5.80. The van der Waals surface area contributed by atoms with E-state index in [1.54, 1.807) is 0 Å². The molecular formula is C12H27N3O. The molecule has 0 aromatic carbocycles. The van der Waals surface area contributed by atoms with Crippen LogP contribution in [-0.2, 0) is 4.74 Å². The third-order valence-corrected chi connectivity index (χ3v) is 3.02. The van der Waals surface area contributed by atoms with Crippen molar-refractivity contribution in [1.29, 1.82) is 0 Å². The summed E-state index contributed by atoms with van der Waals surface area (Å²) in [5.41, 5.74) is 0. The summed E-state index contributed by atoms with van der Waals surface area (Å²) in [5, 5.41) is 3.20. The average molecular weight is 229 g/mol. The molecule has 1 saturated heterocycles. The van der Waals surface area contributed by atoms with Crippen LogP contribution in [0, 0.1) is 0 Å². The van der Waals surface area contributed by atoms with Gasteiger partial charge in [0.2, 0.25) is 0 Å². The molecule has 1 heterocycles. The van der Waals surface area contributed by atoms with E-state index in [0.29, 0.717) is 6.10 Å². The summed E-state index contributed by atoms with van der Waals surface area (Å²) in [5.74, 6) is 0. The van der Waals surface area contributed by atoms with Crippen LogP contribution in [0.25, 0.3) is 0 Å². The Kier molecular flexibility index (Phi) is 6.96. The van der Waals surface area contributed by atoms with Gasteiger partial charge in [-0.1, -0.05) is 6.92 Å². The molecule has 1 N–H and O–H groups in total. The Hall–Kier alpha value is -0.160. The summed E-state index contributed by atoms with van der Waals surface area (Å²) in [4.78, 5) is 4.86. The Morgan fingerprint density at radius 2 is 2.31 bits per heavy atom. The minimum Gasteiger partial charge on any atom is -0.374 e. The van der Waals surface area contributed by atoms with Crippen LogP contribution in [0.1, 0.15) is 13.3 Å². The van der Waals surface area contributed by atoms with Crippen LogP contribution in [0.3, 0.4) is 0 Å². The molecule has 0 aromatic heterocycles. The van der Waals surface area contributed by atoms with Crippen molar-refractivity contribution in [2.24, 2.45) is 0 Å². The number of ether oxygens (including phenoxy) is 1. The summed E-state index contributed by atoms with van der Waals surface area (Å²) in [6, 6.07) is 0. The summed E-state index contributed by atoms with van der Waals surface area (Å²) in [6.07, 6.45) is 1.61. The first-order valence-electron chi connectivity index (χ1n) is 6.43. The van der Waals surface area contributed by atoms with Gasteiger partial charge in [-0.15, -0.1) is 0 Å². The SMILES string of the molecule is CCCN(C)C[C@H]1CN(CCNC)CCO1. The summed E-state index contributed by atoms with van der Waals surface area (Å²) >= 11 is 0. The van der Waals surface area contributed by atoms with E-state index < -0.39 is 0 Å². The van der Waals surface area contributed by atoms with E-state index in [9.17, 15) is 0 Å². The summed E-state index contributed by atoms with van der Waals surface area (Å²) in [7, 11) is 4.19. The van der Waals surface area contributed by atoms with Crippen LogP contribution < -0.4 is 5.32 Å². The van der Waals surface area contributed by atoms with Crippen molar-refractivity contribution in [3.63, 3.8) is 0 Å². The van der Waals surface area contributed by atoms with Gasteiger partial charge in [-0.25, -0.2) is 0 Å². The van der Waals surface area contributed by atoms with Gasteiger partial charge in [0.05, 0.1) is 12.7 Å². The lowest BCUT2D eigenvalue weighted by molar-refractivity contribution is -0.0398. The first kappa shape index (κ1) is 13.9. The average Bonchev–Trinajstić information content (AvgIpc) is 2.27. The van der Waals surface area contributed by atoms with E-state index in [2.05, 4.69) is 29.1 Å². The zero-order valence-electron chi connectivity index (χ0n) is 11.0. The Morgan fingerprint density at radius 3 is 3.00 bits per heavy atom. The van der Waals surface area contributed by atoms with Crippen LogP contribution in [0.5, 0.6) is 0 Å². The summed E-state index contributed by atoms with van der Waals surface area (Å²) < 4.78 is 5.80. The van der Waals surface area contributed by atoms with Gasteiger partial charge in [0.25, 0.3) is 0 Å². The quantitative estimate of drug-likeness (QED) is 0.677. The molecule has 0 bridgehead atoms. The van der Waals surface area contributed by atoms with Crippen molar-refractivity contribution in [3.05, 3.63) is 0 Å². The fraction of sp³-hybridized carbons (Fsp3) is 1.00. The van der Waals surface area contributed by atoms with Crippen LogP contribution >= 0.6 is 0 Å². The Labute approximate surface area is 99.9 Å². The van der Waals surface area contributed by atoms with E-state index in [1.165, 1.54) is 6.42 Å². The molecule has 0 aromatic rings. The van der Waals surface area contributed by atoms with Gasteiger partial charge in [-0.2, -0.15) is 0 Å². The zero-order valence-corrected chi connectivity index (χ0v) is 11.0. The standard InChI is InChI=1S/C12H27N3O/c1-4-6-14(3)10-12-11-15(7-5-13-2)8-9-16-12/h12-13H,4-11H2,1-3H3/t12-/m0/s1. The van der Waals surface area contributed by atoms with Crippen molar-refractivity contribution >= 4 is 0 Å². The van der Waals surface area contributed by atoms with Gasteiger partial charge in [-0.3, -0.25) is 4.90 Å². The monoisotopic (exact) mass is 229 g/mol. The number of nitrogens with one attached hydrogen (secondary N) is 1. The smallest absolute Gasteiger partial charge is 0.0829 e. The fourth-order valence-electron chi connectivity index (χ4n) is 2.18.